The minimum absolute atomic E-state index is 0.157. The number of benzene rings is 3. The highest BCUT2D eigenvalue weighted by Crippen LogP contribution is 2.24. The Morgan fingerprint density at radius 3 is 2.23 bits per heavy atom. The molecule has 0 aliphatic rings. The zero-order chi connectivity index (χ0) is 20.8. The van der Waals surface area contributed by atoms with Crippen molar-refractivity contribution in [1.82, 2.24) is 4.98 Å². The van der Waals surface area contributed by atoms with Crippen molar-refractivity contribution in [3.05, 3.63) is 108 Å². The van der Waals surface area contributed by atoms with E-state index in [2.05, 4.69) is 15.6 Å². The van der Waals surface area contributed by atoms with Gasteiger partial charge in [-0.1, -0.05) is 35.9 Å². The molecule has 0 bridgehead atoms. The number of aromatic nitrogens is 1. The second-order valence-corrected chi connectivity index (χ2v) is 6.82. The van der Waals surface area contributed by atoms with Gasteiger partial charge in [0, 0.05) is 11.3 Å². The van der Waals surface area contributed by atoms with E-state index in [0.29, 0.717) is 17.1 Å². The van der Waals surface area contributed by atoms with Gasteiger partial charge in [-0.05, 0) is 67.6 Å². The monoisotopic (exact) mass is 395 g/mol. The largest absolute Gasteiger partial charge is 0.457 e. The molecule has 2 N–H and O–H groups in total. The van der Waals surface area contributed by atoms with Gasteiger partial charge in [-0.2, -0.15) is 0 Å². The second kappa shape index (κ2) is 8.92. The number of rotatable bonds is 6. The Morgan fingerprint density at radius 1 is 0.800 bits per heavy atom. The first-order valence-corrected chi connectivity index (χ1v) is 9.60. The van der Waals surface area contributed by atoms with Crippen molar-refractivity contribution < 1.29 is 9.53 Å². The number of pyridine rings is 1. The van der Waals surface area contributed by atoms with Crippen LogP contribution in [0.25, 0.3) is 0 Å². The zero-order valence-corrected chi connectivity index (χ0v) is 16.5. The van der Waals surface area contributed by atoms with Gasteiger partial charge in [0.15, 0.2) is 0 Å². The molecular formula is C25H21N3O2. The van der Waals surface area contributed by atoms with Crippen LogP contribution in [0.4, 0.5) is 17.2 Å². The van der Waals surface area contributed by atoms with E-state index in [-0.39, 0.29) is 5.91 Å². The number of nitrogens with zero attached hydrogens (tertiary/aromatic N) is 1. The molecule has 30 heavy (non-hydrogen) atoms. The average Bonchev–Trinajstić information content (AvgIpc) is 2.77. The van der Waals surface area contributed by atoms with Crippen LogP contribution < -0.4 is 15.4 Å². The molecule has 1 aromatic heterocycles. The second-order valence-electron chi connectivity index (χ2n) is 6.82. The van der Waals surface area contributed by atoms with E-state index in [1.165, 1.54) is 0 Å². The number of anilines is 3. The molecule has 0 fully saturated rings. The standard InChI is InChI=1S/C25H21N3O2/c1-18-6-5-7-19(16-18)25(29)28-21-12-15-24(26-17-21)27-20-10-13-23(14-11-20)30-22-8-3-2-4-9-22/h2-17H,1H3,(H,26,27)(H,28,29). The van der Waals surface area contributed by atoms with Crippen LogP contribution in [-0.2, 0) is 0 Å². The highest BCUT2D eigenvalue weighted by Gasteiger charge is 2.06. The van der Waals surface area contributed by atoms with Gasteiger partial charge in [0.25, 0.3) is 5.91 Å². The van der Waals surface area contributed by atoms with Gasteiger partial charge in [-0.3, -0.25) is 4.79 Å². The SMILES string of the molecule is Cc1cccc(C(=O)Nc2ccc(Nc3ccc(Oc4ccccc4)cc3)nc2)c1. The molecule has 0 unspecified atom stereocenters. The summed E-state index contributed by atoms with van der Waals surface area (Å²) in [6.45, 7) is 1.96. The molecule has 0 saturated carbocycles. The minimum Gasteiger partial charge on any atom is -0.457 e. The normalized spacial score (nSPS) is 10.3. The summed E-state index contributed by atoms with van der Waals surface area (Å²) in [6.07, 6.45) is 1.63. The zero-order valence-electron chi connectivity index (χ0n) is 16.5. The lowest BCUT2D eigenvalue weighted by molar-refractivity contribution is 0.102. The highest BCUT2D eigenvalue weighted by atomic mass is 16.5. The third-order valence-electron chi connectivity index (χ3n) is 4.41. The number of ether oxygens (including phenoxy) is 1. The van der Waals surface area contributed by atoms with Crippen molar-refractivity contribution in [3.63, 3.8) is 0 Å². The molecule has 4 rings (SSSR count). The van der Waals surface area contributed by atoms with E-state index < -0.39 is 0 Å². The van der Waals surface area contributed by atoms with Crippen LogP contribution in [0.15, 0.2) is 97.2 Å². The Bertz CT molecular complexity index is 1130. The maximum absolute atomic E-state index is 12.3. The summed E-state index contributed by atoms with van der Waals surface area (Å²) in [5.41, 5.74) is 3.19. The van der Waals surface area contributed by atoms with Gasteiger partial charge in [0.1, 0.15) is 17.3 Å². The predicted octanol–water partition coefficient (Wildman–Crippen LogP) is 6.18. The minimum atomic E-state index is -0.157. The first kappa shape index (κ1) is 19.2. The molecule has 0 saturated heterocycles. The van der Waals surface area contributed by atoms with Crippen molar-refractivity contribution >= 4 is 23.1 Å². The fraction of sp³-hybridized carbons (Fsp3) is 0.0400. The summed E-state index contributed by atoms with van der Waals surface area (Å²) in [4.78, 5) is 16.7. The van der Waals surface area contributed by atoms with Crippen molar-refractivity contribution in [1.29, 1.82) is 0 Å². The molecule has 0 spiro atoms. The maximum atomic E-state index is 12.3. The molecular weight excluding hydrogens is 374 g/mol. The molecule has 5 nitrogen and oxygen atoms in total. The van der Waals surface area contributed by atoms with Crippen LogP contribution >= 0.6 is 0 Å². The number of aryl methyl sites for hydroxylation is 1. The Balaban J connectivity index is 1.36. The molecule has 4 aromatic rings. The van der Waals surface area contributed by atoms with Crippen LogP contribution in [0.5, 0.6) is 11.5 Å². The van der Waals surface area contributed by atoms with Crippen molar-refractivity contribution in [3.8, 4) is 11.5 Å². The van der Waals surface area contributed by atoms with E-state index in [0.717, 1.165) is 22.7 Å². The van der Waals surface area contributed by atoms with E-state index in [4.69, 9.17) is 4.74 Å². The quantitative estimate of drug-likeness (QED) is 0.409. The van der Waals surface area contributed by atoms with Crippen molar-refractivity contribution in [2.75, 3.05) is 10.6 Å². The summed E-state index contributed by atoms with van der Waals surface area (Å²) in [5, 5.41) is 6.10. The number of hydrogen-bond acceptors (Lipinski definition) is 4. The molecule has 3 aromatic carbocycles. The lowest BCUT2D eigenvalue weighted by Gasteiger charge is -2.09. The van der Waals surface area contributed by atoms with Crippen LogP contribution in [0.2, 0.25) is 0 Å². The third kappa shape index (κ3) is 5.02. The first-order chi connectivity index (χ1) is 14.7. The average molecular weight is 395 g/mol. The van der Waals surface area contributed by atoms with Crippen LogP contribution in [-0.4, -0.2) is 10.9 Å². The predicted molar refractivity (Wildman–Crippen MR) is 120 cm³/mol. The number of para-hydroxylation sites is 1. The number of hydrogen-bond donors (Lipinski definition) is 2. The summed E-state index contributed by atoms with van der Waals surface area (Å²) in [5.74, 6) is 2.08. The van der Waals surface area contributed by atoms with Crippen LogP contribution in [0, 0.1) is 6.92 Å². The van der Waals surface area contributed by atoms with E-state index in [1.807, 2.05) is 91.9 Å². The fourth-order valence-corrected chi connectivity index (χ4v) is 2.91. The Kier molecular flexibility index (Phi) is 5.71. The van der Waals surface area contributed by atoms with E-state index in [1.54, 1.807) is 12.3 Å². The lowest BCUT2D eigenvalue weighted by Crippen LogP contribution is -2.12. The van der Waals surface area contributed by atoms with E-state index in [9.17, 15) is 4.79 Å². The third-order valence-corrected chi connectivity index (χ3v) is 4.41. The molecule has 0 aliphatic heterocycles. The topological polar surface area (TPSA) is 63.2 Å². The molecule has 0 atom stereocenters. The number of carbonyl (C=O) groups is 1. The van der Waals surface area contributed by atoms with Crippen molar-refractivity contribution in [2.45, 2.75) is 6.92 Å². The fourth-order valence-electron chi connectivity index (χ4n) is 2.91. The van der Waals surface area contributed by atoms with Crippen LogP contribution in [0.3, 0.4) is 0 Å². The van der Waals surface area contributed by atoms with Crippen molar-refractivity contribution in [2.24, 2.45) is 0 Å². The van der Waals surface area contributed by atoms with Gasteiger partial charge in [0.05, 0.1) is 11.9 Å². The Labute approximate surface area is 175 Å². The number of carbonyl (C=O) groups excluding carboxylic acids is 1. The smallest absolute Gasteiger partial charge is 0.255 e. The van der Waals surface area contributed by atoms with Gasteiger partial charge in [0.2, 0.25) is 0 Å². The lowest BCUT2D eigenvalue weighted by atomic mass is 10.1. The summed E-state index contributed by atoms with van der Waals surface area (Å²) >= 11 is 0. The van der Waals surface area contributed by atoms with Gasteiger partial charge in [-0.15, -0.1) is 0 Å². The Morgan fingerprint density at radius 2 is 1.53 bits per heavy atom. The maximum Gasteiger partial charge on any atom is 0.255 e. The molecule has 148 valence electrons. The van der Waals surface area contributed by atoms with Crippen LogP contribution in [0.1, 0.15) is 15.9 Å². The van der Waals surface area contributed by atoms with Gasteiger partial charge in [-0.25, -0.2) is 4.98 Å². The summed E-state index contributed by atoms with van der Waals surface area (Å²) in [6, 6.07) is 28.4. The molecule has 1 heterocycles. The molecule has 5 heteroatoms. The first-order valence-electron chi connectivity index (χ1n) is 9.60. The molecule has 1 amide bonds. The molecule has 0 radical (unpaired) electrons. The number of amides is 1. The Hall–Kier alpha value is -4.12. The summed E-state index contributed by atoms with van der Waals surface area (Å²) in [7, 11) is 0. The number of nitrogens with one attached hydrogen (secondary N) is 2. The molecule has 0 aliphatic carbocycles. The highest BCUT2D eigenvalue weighted by molar-refractivity contribution is 6.04. The summed E-state index contributed by atoms with van der Waals surface area (Å²) < 4.78 is 5.80. The van der Waals surface area contributed by atoms with Gasteiger partial charge < -0.3 is 15.4 Å². The van der Waals surface area contributed by atoms with Gasteiger partial charge >= 0.3 is 0 Å². The van der Waals surface area contributed by atoms with E-state index >= 15 is 0 Å².